The van der Waals surface area contributed by atoms with Crippen molar-refractivity contribution in [1.82, 2.24) is 20.4 Å². The molecule has 0 unspecified atom stereocenters. The number of carbonyl (C=O) groups is 7. The summed E-state index contributed by atoms with van der Waals surface area (Å²) >= 11 is 0. The van der Waals surface area contributed by atoms with E-state index >= 15 is 0 Å². The number of fused-ring (bicyclic) bond motifs is 3. The molecule has 0 radical (unpaired) electrons. The second kappa shape index (κ2) is 16.9. The van der Waals surface area contributed by atoms with Gasteiger partial charge in [-0.1, -0.05) is 80.2 Å². The molecular formula is C41H64N4O7. The Bertz CT molecular complexity index is 1390. The molecule has 0 bridgehead atoms. The number of imide groups is 1. The van der Waals surface area contributed by atoms with Crippen LogP contribution in [0.5, 0.6) is 0 Å². The fourth-order valence-electron chi connectivity index (χ4n) is 8.85. The van der Waals surface area contributed by atoms with E-state index in [-0.39, 0.29) is 103 Å². The summed E-state index contributed by atoms with van der Waals surface area (Å²) in [6, 6.07) is -0.716. The third kappa shape index (κ3) is 10.1. The number of ketones is 3. The quantitative estimate of drug-likeness (QED) is 0.188. The fourth-order valence-corrected chi connectivity index (χ4v) is 8.85. The van der Waals surface area contributed by atoms with Gasteiger partial charge in [-0.2, -0.15) is 0 Å². The zero-order valence-electron chi connectivity index (χ0n) is 32.8. The lowest BCUT2D eigenvalue weighted by Gasteiger charge is -2.39. The van der Waals surface area contributed by atoms with E-state index in [1.165, 1.54) is 11.0 Å². The Balaban J connectivity index is 1.55. The average molecular weight is 725 g/mol. The van der Waals surface area contributed by atoms with E-state index in [1.54, 1.807) is 4.90 Å². The number of hydrogen-bond acceptors (Lipinski definition) is 8. The van der Waals surface area contributed by atoms with Crippen molar-refractivity contribution in [2.45, 2.75) is 125 Å². The first kappa shape index (κ1) is 41.5. The van der Waals surface area contributed by atoms with Crippen molar-refractivity contribution in [2.75, 3.05) is 32.7 Å². The average Bonchev–Trinajstić information content (AvgIpc) is 3.35. The van der Waals surface area contributed by atoms with Crippen molar-refractivity contribution in [3.05, 3.63) is 12.7 Å². The molecule has 4 fully saturated rings. The number of rotatable bonds is 10. The normalized spacial score (nSPS) is 29.2. The van der Waals surface area contributed by atoms with Crippen LogP contribution in [0.2, 0.25) is 0 Å². The highest BCUT2D eigenvalue weighted by atomic mass is 16.2. The Hall–Kier alpha value is -3.21. The van der Waals surface area contributed by atoms with Gasteiger partial charge in [0.15, 0.2) is 5.78 Å². The van der Waals surface area contributed by atoms with Crippen molar-refractivity contribution in [3.63, 3.8) is 0 Å². The molecule has 4 rings (SSSR count). The monoisotopic (exact) mass is 724 g/mol. The van der Waals surface area contributed by atoms with E-state index in [2.05, 4.69) is 31.1 Å². The SMILES string of the molecule is C=CCNC(=O)C(=O)[C@@H]1CCCCCCCNC[C@H](CC(=O)C[C@H](CN2C(=O)CC(C)(C)CC2=O)C(C)(C)C)C(=O)N2C[C@H]3[C@@H]([C@H]2C(=O)C1)C3(C)C. The molecular weight excluding hydrogens is 660 g/mol. The van der Waals surface area contributed by atoms with Crippen LogP contribution in [0, 0.1) is 45.8 Å². The van der Waals surface area contributed by atoms with E-state index in [0.717, 1.165) is 32.1 Å². The molecule has 4 amide bonds. The van der Waals surface area contributed by atoms with E-state index in [4.69, 9.17) is 0 Å². The van der Waals surface area contributed by atoms with Crippen molar-refractivity contribution >= 4 is 41.0 Å². The number of nitrogens with zero attached hydrogens (tertiary/aromatic N) is 2. The molecule has 3 saturated heterocycles. The van der Waals surface area contributed by atoms with Crippen LogP contribution in [0.1, 0.15) is 119 Å². The second-order valence-corrected chi connectivity index (χ2v) is 18.5. The number of piperidine rings is 2. The molecule has 290 valence electrons. The number of carbonyl (C=O) groups excluding carboxylic acids is 7. The lowest BCUT2D eigenvalue weighted by molar-refractivity contribution is -0.154. The van der Waals surface area contributed by atoms with E-state index in [1.807, 2.05) is 34.6 Å². The number of amides is 4. The van der Waals surface area contributed by atoms with Gasteiger partial charge in [-0.25, -0.2) is 0 Å². The molecule has 11 nitrogen and oxygen atoms in total. The van der Waals surface area contributed by atoms with Crippen LogP contribution < -0.4 is 10.6 Å². The van der Waals surface area contributed by atoms with Gasteiger partial charge in [0, 0.05) is 64.2 Å². The van der Waals surface area contributed by atoms with Crippen molar-refractivity contribution in [3.8, 4) is 0 Å². The molecule has 0 aromatic rings. The zero-order chi connectivity index (χ0) is 38.6. The molecule has 52 heavy (non-hydrogen) atoms. The Labute approximate surface area is 310 Å². The number of Topliss-reactive ketones (excluding diaryl/α,β-unsaturated/α-hetero) is 3. The molecule has 3 heterocycles. The van der Waals surface area contributed by atoms with Gasteiger partial charge in [-0.05, 0) is 53.4 Å². The second-order valence-electron chi connectivity index (χ2n) is 18.5. The molecule has 1 aliphatic carbocycles. The standard InChI is InChI=1S/C41H64N4O7/c1-9-16-43-37(51)36(50)26-15-13-11-10-12-14-17-42-23-27(38(52)45-25-30-34(41(30,7)8)35(45)31(47)19-26)18-29(46)20-28(39(2,3)4)24-44-32(48)21-40(5,6)22-33(44)49/h9,26-28,30,34-35,42H,1,10-25H2,2-8H3,(H,43,51)/t26-,27+,28-,30+,34+,35-/m1/s1. The first-order chi connectivity index (χ1) is 24.3. The zero-order valence-corrected chi connectivity index (χ0v) is 32.8. The molecule has 4 aliphatic rings. The van der Waals surface area contributed by atoms with Crippen LogP contribution in [0.4, 0.5) is 0 Å². The third-order valence-corrected chi connectivity index (χ3v) is 12.4. The molecule has 3 aliphatic heterocycles. The van der Waals surface area contributed by atoms with Gasteiger partial charge in [0.25, 0.3) is 5.91 Å². The highest BCUT2D eigenvalue weighted by molar-refractivity contribution is 6.37. The van der Waals surface area contributed by atoms with Crippen LogP contribution in [0.25, 0.3) is 0 Å². The largest absolute Gasteiger partial charge is 0.346 e. The van der Waals surface area contributed by atoms with E-state index in [9.17, 15) is 33.6 Å². The minimum Gasteiger partial charge on any atom is -0.346 e. The maximum atomic E-state index is 14.5. The maximum absolute atomic E-state index is 14.5. The maximum Gasteiger partial charge on any atom is 0.287 e. The Morgan fingerprint density at radius 2 is 1.62 bits per heavy atom. The Morgan fingerprint density at radius 3 is 2.25 bits per heavy atom. The van der Waals surface area contributed by atoms with Gasteiger partial charge in [-0.15, -0.1) is 6.58 Å². The van der Waals surface area contributed by atoms with Crippen LogP contribution in [-0.2, 0) is 33.6 Å². The predicted molar refractivity (Wildman–Crippen MR) is 199 cm³/mol. The van der Waals surface area contributed by atoms with Crippen molar-refractivity contribution < 1.29 is 33.6 Å². The third-order valence-electron chi connectivity index (χ3n) is 12.4. The summed E-state index contributed by atoms with van der Waals surface area (Å²) < 4.78 is 0. The Morgan fingerprint density at radius 1 is 0.981 bits per heavy atom. The molecule has 0 aromatic heterocycles. The van der Waals surface area contributed by atoms with Gasteiger partial charge in [0.1, 0.15) is 5.78 Å². The number of likely N-dealkylation sites (tertiary alicyclic amines) is 1. The highest BCUT2D eigenvalue weighted by Crippen LogP contribution is 2.65. The molecule has 1 saturated carbocycles. The summed E-state index contributed by atoms with van der Waals surface area (Å²) in [4.78, 5) is 97.8. The predicted octanol–water partition coefficient (Wildman–Crippen LogP) is 4.66. The smallest absolute Gasteiger partial charge is 0.287 e. The summed E-state index contributed by atoms with van der Waals surface area (Å²) in [7, 11) is 0. The minimum absolute atomic E-state index is 0.0198. The topological polar surface area (TPSA) is 150 Å². The lowest BCUT2D eigenvalue weighted by atomic mass is 9.75. The van der Waals surface area contributed by atoms with Crippen LogP contribution in [-0.4, -0.2) is 89.5 Å². The summed E-state index contributed by atoms with van der Waals surface area (Å²) in [5, 5.41) is 5.99. The molecule has 11 heteroatoms. The summed E-state index contributed by atoms with van der Waals surface area (Å²) in [6.07, 6.45) is 6.89. The van der Waals surface area contributed by atoms with Gasteiger partial charge >= 0.3 is 0 Å². The summed E-state index contributed by atoms with van der Waals surface area (Å²) in [5.41, 5.74) is -0.918. The fraction of sp³-hybridized carbons (Fsp3) is 0.780. The van der Waals surface area contributed by atoms with Crippen LogP contribution in [0.3, 0.4) is 0 Å². The van der Waals surface area contributed by atoms with Gasteiger partial charge in [0.05, 0.1) is 12.0 Å². The highest BCUT2D eigenvalue weighted by Gasteiger charge is 2.69. The summed E-state index contributed by atoms with van der Waals surface area (Å²) in [5.74, 6) is -3.96. The number of nitrogens with one attached hydrogen (secondary N) is 2. The van der Waals surface area contributed by atoms with E-state index in [0.29, 0.717) is 26.1 Å². The minimum atomic E-state index is -0.763. The van der Waals surface area contributed by atoms with Crippen LogP contribution >= 0.6 is 0 Å². The van der Waals surface area contributed by atoms with Crippen molar-refractivity contribution in [2.24, 2.45) is 45.8 Å². The van der Waals surface area contributed by atoms with Gasteiger partial charge in [-0.3, -0.25) is 38.5 Å². The molecule has 6 atom stereocenters. The molecule has 0 spiro atoms. The Kier molecular flexibility index (Phi) is 13.5. The van der Waals surface area contributed by atoms with Crippen molar-refractivity contribution in [1.29, 1.82) is 0 Å². The van der Waals surface area contributed by atoms with Crippen LogP contribution in [0.15, 0.2) is 12.7 Å². The summed E-state index contributed by atoms with van der Waals surface area (Å²) in [6.45, 7) is 19.4. The van der Waals surface area contributed by atoms with Gasteiger partial charge < -0.3 is 15.5 Å². The molecule has 2 N–H and O–H groups in total. The number of hydrogen-bond donors (Lipinski definition) is 2. The molecule has 0 aromatic carbocycles. The first-order valence-corrected chi connectivity index (χ1v) is 19.6. The first-order valence-electron chi connectivity index (χ1n) is 19.6. The van der Waals surface area contributed by atoms with Gasteiger partial charge in [0.2, 0.25) is 23.5 Å². The van der Waals surface area contributed by atoms with E-state index < -0.39 is 35.0 Å². The lowest BCUT2D eigenvalue weighted by Crippen LogP contribution is -2.51.